The molecule has 0 aliphatic rings. The van der Waals surface area contributed by atoms with Crippen LogP contribution in [0.4, 0.5) is 5.13 Å². The molecule has 1 amide bonds. The van der Waals surface area contributed by atoms with Crippen molar-refractivity contribution >= 4 is 22.4 Å². The number of carbonyl (C=O) groups is 1. The number of hydrogen-bond acceptors (Lipinski definition) is 4. The van der Waals surface area contributed by atoms with E-state index in [-0.39, 0.29) is 5.91 Å². The second-order valence-electron chi connectivity index (χ2n) is 6.25. The summed E-state index contributed by atoms with van der Waals surface area (Å²) in [6, 6.07) is 18.2. The van der Waals surface area contributed by atoms with Gasteiger partial charge in [-0.3, -0.25) is 10.1 Å². The molecule has 0 unspecified atom stereocenters. The first-order valence-corrected chi connectivity index (χ1v) is 9.40. The molecule has 0 spiro atoms. The third kappa shape index (κ3) is 4.12. The lowest BCUT2D eigenvalue weighted by atomic mass is 10.1. The highest BCUT2D eigenvalue weighted by Crippen LogP contribution is 2.22. The number of nitrogens with one attached hydrogen (secondary N) is 1. The van der Waals surface area contributed by atoms with Crippen molar-refractivity contribution < 1.29 is 4.79 Å². The van der Waals surface area contributed by atoms with Crippen molar-refractivity contribution in [3.8, 4) is 5.69 Å². The van der Waals surface area contributed by atoms with E-state index >= 15 is 0 Å². The van der Waals surface area contributed by atoms with E-state index in [1.54, 1.807) is 12.5 Å². The van der Waals surface area contributed by atoms with Gasteiger partial charge in [0.2, 0.25) is 0 Å². The van der Waals surface area contributed by atoms with Crippen molar-refractivity contribution in [3.05, 3.63) is 95.0 Å². The number of aromatic nitrogens is 3. The lowest BCUT2D eigenvalue weighted by molar-refractivity contribution is 0.102. The van der Waals surface area contributed by atoms with E-state index in [1.165, 1.54) is 22.5 Å². The molecule has 0 saturated carbocycles. The first-order valence-electron chi connectivity index (χ1n) is 8.58. The van der Waals surface area contributed by atoms with Crippen molar-refractivity contribution in [1.29, 1.82) is 0 Å². The molecule has 2 aromatic heterocycles. The Morgan fingerprint density at radius 2 is 1.85 bits per heavy atom. The van der Waals surface area contributed by atoms with Gasteiger partial charge < -0.3 is 4.57 Å². The molecule has 0 bridgehead atoms. The number of amides is 1. The van der Waals surface area contributed by atoms with Crippen LogP contribution in [0.15, 0.2) is 73.3 Å². The summed E-state index contributed by atoms with van der Waals surface area (Å²) < 4.78 is 1.82. The van der Waals surface area contributed by atoms with E-state index in [1.807, 2.05) is 41.1 Å². The molecule has 0 aliphatic carbocycles. The monoisotopic (exact) mass is 374 g/mol. The normalized spacial score (nSPS) is 10.7. The summed E-state index contributed by atoms with van der Waals surface area (Å²) in [7, 11) is 0. The molecule has 4 aromatic rings. The molecule has 0 saturated heterocycles. The molecular formula is C21H18N4OS. The summed E-state index contributed by atoms with van der Waals surface area (Å²) in [6.45, 7) is 2.07. The van der Waals surface area contributed by atoms with Crippen LogP contribution in [0.5, 0.6) is 0 Å². The van der Waals surface area contributed by atoms with Gasteiger partial charge in [0.25, 0.3) is 5.91 Å². The third-order valence-electron chi connectivity index (χ3n) is 4.14. The van der Waals surface area contributed by atoms with E-state index in [9.17, 15) is 4.79 Å². The molecule has 5 nitrogen and oxygen atoms in total. The lowest BCUT2D eigenvalue weighted by Gasteiger charge is -2.00. The SMILES string of the molecule is Cc1ccc(Cc2cnc(NC(=O)c3cn(-c4ccccc4)cn3)s2)cc1. The molecule has 0 radical (unpaired) electrons. The zero-order valence-corrected chi connectivity index (χ0v) is 15.6. The maximum absolute atomic E-state index is 12.4. The zero-order valence-electron chi connectivity index (χ0n) is 14.8. The minimum atomic E-state index is -0.263. The number of nitrogens with zero attached hydrogens (tertiary/aromatic N) is 3. The quantitative estimate of drug-likeness (QED) is 0.560. The zero-order chi connectivity index (χ0) is 18.6. The van der Waals surface area contributed by atoms with Crippen LogP contribution in [0.25, 0.3) is 5.69 Å². The molecule has 6 heteroatoms. The minimum absolute atomic E-state index is 0.263. The molecule has 134 valence electrons. The number of rotatable bonds is 5. The number of aryl methyl sites for hydroxylation is 1. The molecule has 2 heterocycles. The Kier molecular flexibility index (Phi) is 4.80. The summed E-state index contributed by atoms with van der Waals surface area (Å²) in [5.74, 6) is -0.263. The van der Waals surface area contributed by atoms with Crippen LogP contribution in [0.2, 0.25) is 0 Å². The largest absolute Gasteiger partial charge is 0.305 e. The van der Waals surface area contributed by atoms with Crippen LogP contribution in [0.1, 0.15) is 26.5 Å². The van der Waals surface area contributed by atoms with Crippen LogP contribution in [0, 0.1) is 6.92 Å². The summed E-state index contributed by atoms with van der Waals surface area (Å²) in [5, 5.41) is 3.41. The smallest absolute Gasteiger partial charge is 0.277 e. The molecule has 0 aliphatic heterocycles. The predicted octanol–water partition coefficient (Wildman–Crippen LogP) is 4.48. The summed E-state index contributed by atoms with van der Waals surface area (Å²) in [5.41, 5.74) is 3.78. The summed E-state index contributed by atoms with van der Waals surface area (Å²) in [6.07, 6.45) is 5.96. The fourth-order valence-corrected chi connectivity index (χ4v) is 3.54. The van der Waals surface area contributed by atoms with Crippen molar-refractivity contribution in [2.75, 3.05) is 5.32 Å². The third-order valence-corrected chi connectivity index (χ3v) is 5.06. The molecular weight excluding hydrogens is 356 g/mol. The Morgan fingerprint density at radius 1 is 1.07 bits per heavy atom. The van der Waals surface area contributed by atoms with E-state index in [0.29, 0.717) is 10.8 Å². The van der Waals surface area contributed by atoms with Crippen LogP contribution in [-0.2, 0) is 6.42 Å². The molecule has 4 rings (SSSR count). The maximum atomic E-state index is 12.4. The number of imidazole rings is 1. The second-order valence-corrected chi connectivity index (χ2v) is 7.37. The summed E-state index contributed by atoms with van der Waals surface area (Å²) >= 11 is 1.48. The van der Waals surface area contributed by atoms with Crippen molar-refractivity contribution in [1.82, 2.24) is 14.5 Å². The van der Waals surface area contributed by atoms with Crippen molar-refractivity contribution in [3.63, 3.8) is 0 Å². The van der Waals surface area contributed by atoms with Gasteiger partial charge in [0.05, 0.1) is 0 Å². The van der Waals surface area contributed by atoms with Crippen LogP contribution in [0.3, 0.4) is 0 Å². The number of carbonyl (C=O) groups excluding carboxylic acids is 1. The van der Waals surface area contributed by atoms with Crippen LogP contribution < -0.4 is 5.32 Å². The highest BCUT2D eigenvalue weighted by Gasteiger charge is 2.12. The molecule has 0 fully saturated rings. The highest BCUT2D eigenvalue weighted by molar-refractivity contribution is 7.15. The Labute approximate surface area is 161 Å². The Bertz CT molecular complexity index is 1050. The number of thiazole rings is 1. The van der Waals surface area contributed by atoms with Gasteiger partial charge in [-0.2, -0.15) is 0 Å². The van der Waals surface area contributed by atoms with Crippen LogP contribution >= 0.6 is 11.3 Å². The molecule has 27 heavy (non-hydrogen) atoms. The molecule has 1 N–H and O–H groups in total. The average Bonchev–Trinajstić information content (AvgIpc) is 3.34. The Balaban J connectivity index is 1.42. The first kappa shape index (κ1) is 17.2. The van der Waals surface area contributed by atoms with Gasteiger partial charge in [-0.1, -0.05) is 48.0 Å². The van der Waals surface area contributed by atoms with E-state index in [2.05, 4.69) is 46.5 Å². The van der Waals surface area contributed by atoms with Gasteiger partial charge in [-0.15, -0.1) is 11.3 Å². The number of hydrogen-bond donors (Lipinski definition) is 1. The highest BCUT2D eigenvalue weighted by atomic mass is 32.1. The standard InChI is InChI=1S/C21H18N4OS/c1-15-7-9-16(10-8-15)11-18-12-22-21(27-18)24-20(26)19-13-25(14-23-19)17-5-3-2-4-6-17/h2-10,12-14H,11H2,1H3,(H,22,24,26). The second kappa shape index (κ2) is 7.55. The average molecular weight is 374 g/mol. The van der Waals surface area contributed by atoms with Gasteiger partial charge in [-0.25, -0.2) is 9.97 Å². The lowest BCUT2D eigenvalue weighted by Crippen LogP contribution is -2.11. The minimum Gasteiger partial charge on any atom is -0.305 e. The van der Waals surface area contributed by atoms with Crippen molar-refractivity contribution in [2.45, 2.75) is 13.3 Å². The van der Waals surface area contributed by atoms with Gasteiger partial charge in [0.15, 0.2) is 5.13 Å². The Morgan fingerprint density at radius 3 is 2.63 bits per heavy atom. The fourth-order valence-electron chi connectivity index (χ4n) is 2.70. The van der Waals surface area contributed by atoms with Gasteiger partial charge in [-0.05, 0) is 24.6 Å². The predicted molar refractivity (Wildman–Crippen MR) is 108 cm³/mol. The van der Waals surface area contributed by atoms with Gasteiger partial charge in [0, 0.05) is 29.4 Å². The van der Waals surface area contributed by atoms with E-state index < -0.39 is 0 Å². The van der Waals surface area contributed by atoms with Crippen molar-refractivity contribution in [2.24, 2.45) is 0 Å². The van der Waals surface area contributed by atoms with Crippen LogP contribution in [-0.4, -0.2) is 20.4 Å². The molecule has 0 atom stereocenters. The fraction of sp³-hybridized carbons (Fsp3) is 0.0952. The maximum Gasteiger partial charge on any atom is 0.277 e. The number of benzene rings is 2. The van der Waals surface area contributed by atoms with Gasteiger partial charge >= 0.3 is 0 Å². The van der Waals surface area contributed by atoms with Gasteiger partial charge in [0.1, 0.15) is 12.0 Å². The summed E-state index contributed by atoms with van der Waals surface area (Å²) in [4.78, 5) is 22.1. The van der Waals surface area contributed by atoms with E-state index in [0.717, 1.165) is 17.0 Å². The first-order chi connectivity index (χ1) is 13.2. The Hall–Kier alpha value is -3.25. The topological polar surface area (TPSA) is 59.8 Å². The number of para-hydroxylation sites is 1. The van der Waals surface area contributed by atoms with E-state index in [4.69, 9.17) is 0 Å². The number of anilines is 1. The molecule has 2 aromatic carbocycles.